The summed E-state index contributed by atoms with van der Waals surface area (Å²) < 4.78 is 0. The Morgan fingerprint density at radius 3 is 2.41 bits per heavy atom. The molecule has 0 unspecified atom stereocenters. The molecule has 17 heavy (non-hydrogen) atoms. The van der Waals surface area contributed by atoms with E-state index in [0.717, 1.165) is 30.6 Å². The van der Waals surface area contributed by atoms with E-state index in [0.29, 0.717) is 0 Å². The highest BCUT2D eigenvalue weighted by atomic mass is 15.1. The van der Waals surface area contributed by atoms with Crippen molar-refractivity contribution in [3.05, 3.63) is 29.3 Å². The molecule has 0 spiro atoms. The molecule has 1 aromatic carbocycles. The SMILES string of the molecule is Cc1cc(N(C)CCCN(C)C)ccc1C#N. The number of nitriles is 1. The molecule has 0 aromatic heterocycles. The Morgan fingerprint density at radius 1 is 1.18 bits per heavy atom. The summed E-state index contributed by atoms with van der Waals surface area (Å²) in [5.41, 5.74) is 2.99. The molecular formula is C14H21N3. The van der Waals surface area contributed by atoms with Crippen molar-refractivity contribution in [1.29, 1.82) is 5.26 Å². The van der Waals surface area contributed by atoms with Gasteiger partial charge >= 0.3 is 0 Å². The van der Waals surface area contributed by atoms with Crippen LogP contribution in [-0.2, 0) is 0 Å². The first kappa shape index (κ1) is 13.5. The maximum Gasteiger partial charge on any atom is 0.0994 e. The third-order valence-electron chi connectivity index (χ3n) is 2.87. The summed E-state index contributed by atoms with van der Waals surface area (Å²) in [4.78, 5) is 4.43. The van der Waals surface area contributed by atoms with E-state index in [-0.39, 0.29) is 0 Å². The number of hydrogen-bond acceptors (Lipinski definition) is 3. The predicted molar refractivity (Wildman–Crippen MR) is 72.3 cm³/mol. The third-order valence-corrected chi connectivity index (χ3v) is 2.87. The average molecular weight is 231 g/mol. The van der Waals surface area contributed by atoms with Gasteiger partial charge < -0.3 is 9.80 Å². The molecule has 0 N–H and O–H groups in total. The maximum absolute atomic E-state index is 8.88. The number of rotatable bonds is 5. The normalized spacial score (nSPS) is 10.4. The second kappa shape index (κ2) is 6.27. The van der Waals surface area contributed by atoms with Crippen LogP contribution in [0.2, 0.25) is 0 Å². The lowest BCUT2D eigenvalue weighted by Crippen LogP contribution is -2.23. The molecule has 0 saturated heterocycles. The summed E-state index contributed by atoms with van der Waals surface area (Å²) in [6, 6.07) is 8.18. The van der Waals surface area contributed by atoms with Gasteiger partial charge in [0.15, 0.2) is 0 Å². The van der Waals surface area contributed by atoms with Gasteiger partial charge in [-0.05, 0) is 57.7 Å². The highest BCUT2D eigenvalue weighted by Crippen LogP contribution is 2.17. The molecule has 1 aromatic rings. The molecule has 0 aliphatic rings. The molecule has 1 rings (SSSR count). The number of benzene rings is 1. The number of anilines is 1. The van der Waals surface area contributed by atoms with Crippen molar-refractivity contribution in [2.45, 2.75) is 13.3 Å². The Balaban J connectivity index is 2.61. The zero-order valence-corrected chi connectivity index (χ0v) is 11.2. The standard InChI is InChI=1S/C14H21N3/c1-12-10-14(7-6-13(12)11-15)17(4)9-5-8-16(2)3/h6-7,10H,5,8-9H2,1-4H3. The first-order chi connectivity index (χ1) is 8.04. The van der Waals surface area contributed by atoms with Crippen LogP contribution in [0, 0.1) is 18.3 Å². The largest absolute Gasteiger partial charge is 0.375 e. The van der Waals surface area contributed by atoms with Gasteiger partial charge in [0.2, 0.25) is 0 Å². The molecule has 0 heterocycles. The first-order valence-electron chi connectivity index (χ1n) is 5.91. The Labute approximate surface area is 104 Å². The fourth-order valence-corrected chi connectivity index (χ4v) is 1.76. The van der Waals surface area contributed by atoms with Gasteiger partial charge in [-0.15, -0.1) is 0 Å². The summed E-state index contributed by atoms with van der Waals surface area (Å²) in [5.74, 6) is 0. The van der Waals surface area contributed by atoms with E-state index < -0.39 is 0 Å². The van der Waals surface area contributed by atoms with Crippen molar-refractivity contribution in [2.75, 3.05) is 39.1 Å². The van der Waals surface area contributed by atoms with Crippen molar-refractivity contribution < 1.29 is 0 Å². The molecule has 0 bridgehead atoms. The summed E-state index contributed by atoms with van der Waals surface area (Å²) in [6.07, 6.45) is 1.14. The average Bonchev–Trinajstić information content (AvgIpc) is 2.28. The van der Waals surface area contributed by atoms with E-state index in [1.54, 1.807) is 0 Å². The fraction of sp³-hybridized carbons (Fsp3) is 0.500. The maximum atomic E-state index is 8.88. The zero-order chi connectivity index (χ0) is 12.8. The van der Waals surface area contributed by atoms with Crippen molar-refractivity contribution in [3.8, 4) is 6.07 Å². The van der Waals surface area contributed by atoms with Crippen molar-refractivity contribution >= 4 is 5.69 Å². The quantitative estimate of drug-likeness (QED) is 0.778. The Morgan fingerprint density at radius 2 is 1.88 bits per heavy atom. The van der Waals surface area contributed by atoms with Crippen LogP contribution in [0.4, 0.5) is 5.69 Å². The highest BCUT2D eigenvalue weighted by molar-refractivity contribution is 5.52. The number of hydrogen-bond donors (Lipinski definition) is 0. The van der Waals surface area contributed by atoms with E-state index >= 15 is 0 Å². The van der Waals surface area contributed by atoms with Gasteiger partial charge in [-0.25, -0.2) is 0 Å². The molecule has 0 amide bonds. The Kier molecular flexibility index (Phi) is 4.99. The Bertz CT molecular complexity index is 404. The van der Waals surface area contributed by atoms with Crippen LogP contribution in [-0.4, -0.2) is 39.1 Å². The lowest BCUT2D eigenvalue weighted by atomic mass is 10.1. The van der Waals surface area contributed by atoms with E-state index in [1.807, 2.05) is 19.1 Å². The van der Waals surface area contributed by atoms with Crippen LogP contribution in [0.25, 0.3) is 0 Å². The van der Waals surface area contributed by atoms with Crippen LogP contribution in [0.5, 0.6) is 0 Å². The number of aryl methyl sites for hydroxylation is 1. The highest BCUT2D eigenvalue weighted by Gasteiger charge is 2.03. The summed E-state index contributed by atoms with van der Waals surface area (Å²) in [7, 11) is 6.27. The van der Waals surface area contributed by atoms with Crippen molar-refractivity contribution in [1.82, 2.24) is 4.90 Å². The minimum Gasteiger partial charge on any atom is -0.375 e. The van der Waals surface area contributed by atoms with Crippen LogP contribution < -0.4 is 4.90 Å². The molecule has 0 fully saturated rings. The predicted octanol–water partition coefficient (Wildman–Crippen LogP) is 2.25. The molecule has 3 heteroatoms. The second-order valence-corrected chi connectivity index (χ2v) is 4.69. The van der Waals surface area contributed by atoms with Crippen LogP contribution in [0.3, 0.4) is 0 Å². The number of nitrogens with zero attached hydrogens (tertiary/aromatic N) is 3. The zero-order valence-electron chi connectivity index (χ0n) is 11.2. The summed E-state index contributed by atoms with van der Waals surface area (Å²) in [5, 5.41) is 8.88. The van der Waals surface area contributed by atoms with Gasteiger partial charge in [0.25, 0.3) is 0 Å². The van der Waals surface area contributed by atoms with Gasteiger partial charge in [-0.1, -0.05) is 0 Å². The molecule has 0 aliphatic carbocycles. The molecule has 3 nitrogen and oxygen atoms in total. The summed E-state index contributed by atoms with van der Waals surface area (Å²) >= 11 is 0. The van der Waals surface area contributed by atoms with E-state index in [1.165, 1.54) is 5.69 Å². The van der Waals surface area contributed by atoms with E-state index in [4.69, 9.17) is 5.26 Å². The summed E-state index contributed by atoms with van der Waals surface area (Å²) in [6.45, 7) is 4.11. The smallest absolute Gasteiger partial charge is 0.0994 e. The lowest BCUT2D eigenvalue weighted by molar-refractivity contribution is 0.401. The molecule has 0 radical (unpaired) electrons. The molecular weight excluding hydrogens is 210 g/mol. The lowest BCUT2D eigenvalue weighted by Gasteiger charge is -2.21. The van der Waals surface area contributed by atoms with Gasteiger partial charge in [0.1, 0.15) is 0 Å². The minimum absolute atomic E-state index is 0.760. The van der Waals surface area contributed by atoms with Gasteiger partial charge in [0.05, 0.1) is 11.6 Å². The molecule has 0 saturated carbocycles. The van der Waals surface area contributed by atoms with Crippen molar-refractivity contribution in [2.24, 2.45) is 0 Å². The van der Waals surface area contributed by atoms with Crippen LogP contribution in [0.1, 0.15) is 17.5 Å². The Hall–Kier alpha value is -1.53. The van der Waals surface area contributed by atoms with Crippen molar-refractivity contribution in [3.63, 3.8) is 0 Å². The molecule has 0 atom stereocenters. The first-order valence-corrected chi connectivity index (χ1v) is 5.91. The van der Waals surface area contributed by atoms with Crippen LogP contribution in [0.15, 0.2) is 18.2 Å². The van der Waals surface area contributed by atoms with E-state index in [9.17, 15) is 0 Å². The van der Waals surface area contributed by atoms with Gasteiger partial charge in [-0.3, -0.25) is 0 Å². The monoisotopic (exact) mass is 231 g/mol. The van der Waals surface area contributed by atoms with Gasteiger partial charge in [0, 0.05) is 19.3 Å². The molecule has 0 aliphatic heterocycles. The molecule has 92 valence electrons. The topological polar surface area (TPSA) is 30.3 Å². The van der Waals surface area contributed by atoms with E-state index in [2.05, 4.69) is 43.1 Å². The minimum atomic E-state index is 0.760. The second-order valence-electron chi connectivity index (χ2n) is 4.69. The third kappa shape index (κ3) is 4.08. The fourth-order valence-electron chi connectivity index (χ4n) is 1.76. The van der Waals surface area contributed by atoms with Crippen LogP contribution >= 0.6 is 0 Å². The van der Waals surface area contributed by atoms with Gasteiger partial charge in [-0.2, -0.15) is 5.26 Å².